The molecule has 0 saturated carbocycles. The molecule has 1 aliphatic heterocycles. The Balaban J connectivity index is 1.51. The molecule has 138 valence electrons. The Kier molecular flexibility index (Phi) is 5.61. The number of nitro benzene ring substituents is 1. The number of hydrogen-bond acceptors (Lipinski definition) is 5. The molecule has 2 aromatic rings. The molecule has 0 saturated heterocycles. The SMILES string of the molecule is O=C(/C=C/c1cccc([N+](=O)[O-])c1)OCC(=O)N1CCc2ccccc2C1. The summed E-state index contributed by atoms with van der Waals surface area (Å²) in [7, 11) is 0. The first-order valence-electron chi connectivity index (χ1n) is 8.47. The molecule has 0 N–H and O–H groups in total. The summed E-state index contributed by atoms with van der Waals surface area (Å²) >= 11 is 0. The predicted octanol–water partition coefficient (Wildman–Crippen LogP) is 2.74. The molecule has 2 aromatic carbocycles. The standard InChI is InChI=1S/C20H18N2O5/c23-19(21-11-10-16-5-1-2-6-17(16)13-21)14-27-20(24)9-8-15-4-3-7-18(12-15)22(25)26/h1-9,12H,10-11,13-14H2/b9-8+. The molecule has 0 aliphatic carbocycles. The lowest BCUT2D eigenvalue weighted by Gasteiger charge is -2.28. The highest BCUT2D eigenvalue weighted by molar-refractivity contribution is 5.89. The van der Waals surface area contributed by atoms with Gasteiger partial charge in [-0.3, -0.25) is 14.9 Å². The van der Waals surface area contributed by atoms with E-state index in [9.17, 15) is 19.7 Å². The van der Waals surface area contributed by atoms with Gasteiger partial charge in [0.05, 0.1) is 4.92 Å². The first-order valence-corrected chi connectivity index (χ1v) is 8.47. The summed E-state index contributed by atoms with van der Waals surface area (Å²) < 4.78 is 4.99. The number of esters is 1. The Bertz CT molecular complexity index is 907. The number of carbonyl (C=O) groups excluding carboxylic acids is 2. The van der Waals surface area contributed by atoms with Crippen LogP contribution < -0.4 is 0 Å². The highest BCUT2D eigenvalue weighted by Gasteiger charge is 2.20. The molecule has 0 aromatic heterocycles. The number of benzene rings is 2. The second-order valence-corrected chi connectivity index (χ2v) is 6.13. The van der Waals surface area contributed by atoms with E-state index >= 15 is 0 Å². The van der Waals surface area contributed by atoms with Gasteiger partial charge < -0.3 is 9.64 Å². The molecule has 1 heterocycles. The smallest absolute Gasteiger partial charge is 0.331 e. The molecule has 3 rings (SSSR count). The molecule has 0 fully saturated rings. The monoisotopic (exact) mass is 366 g/mol. The van der Waals surface area contributed by atoms with E-state index in [-0.39, 0.29) is 18.2 Å². The van der Waals surface area contributed by atoms with E-state index in [4.69, 9.17) is 4.74 Å². The van der Waals surface area contributed by atoms with Crippen LogP contribution in [0.25, 0.3) is 6.08 Å². The van der Waals surface area contributed by atoms with Crippen LogP contribution in [0.4, 0.5) is 5.69 Å². The van der Waals surface area contributed by atoms with Gasteiger partial charge in [-0.15, -0.1) is 0 Å². The van der Waals surface area contributed by atoms with Crippen molar-refractivity contribution in [1.82, 2.24) is 4.90 Å². The number of nitro groups is 1. The van der Waals surface area contributed by atoms with E-state index < -0.39 is 10.9 Å². The summed E-state index contributed by atoms with van der Waals surface area (Å²) in [5, 5.41) is 10.7. The molecule has 0 spiro atoms. The van der Waals surface area contributed by atoms with Crippen LogP contribution in [0.15, 0.2) is 54.6 Å². The van der Waals surface area contributed by atoms with Gasteiger partial charge >= 0.3 is 5.97 Å². The lowest BCUT2D eigenvalue weighted by molar-refractivity contribution is -0.384. The van der Waals surface area contributed by atoms with Gasteiger partial charge in [-0.05, 0) is 29.2 Å². The summed E-state index contributed by atoms with van der Waals surface area (Å²) in [5.74, 6) is -0.922. The molecule has 0 unspecified atom stereocenters. The molecule has 0 bridgehead atoms. The minimum absolute atomic E-state index is 0.0638. The lowest BCUT2D eigenvalue weighted by atomic mass is 10.00. The Morgan fingerprint density at radius 2 is 1.93 bits per heavy atom. The zero-order valence-electron chi connectivity index (χ0n) is 14.5. The number of carbonyl (C=O) groups is 2. The average Bonchev–Trinajstić information content (AvgIpc) is 2.70. The molecule has 27 heavy (non-hydrogen) atoms. The van der Waals surface area contributed by atoms with Crippen molar-refractivity contribution in [2.75, 3.05) is 13.2 Å². The van der Waals surface area contributed by atoms with Crippen LogP contribution in [0.1, 0.15) is 16.7 Å². The molecule has 1 amide bonds. The van der Waals surface area contributed by atoms with Crippen LogP contribution in [0.2, 0.25) is 0 Å². The Labute approximate surface area is 156 Å². The van der Waals surface area contributed by atoms with Crippen LogP contribution >= 0.6 is 0 Å². The fraction of sp³-hybridized carbons (Fsp3) is 0.200. The fourth-order valence-electron chi connectivity index (χ4n) is 2.89. The number of rotatable bonds is 5. The van der Waals surface area contributed by atoms with E-state index in [1.165, 1.54) is 29.8 Å². The van der Waals surface area contributed by atoms with Crippen molar-refractivity contribution < 1.29 is 19.2 Å². The van der Waals surface area contributed by atoms with Crippen molar-refractivity contribution in [2.45, 2.75) is 13.0 Å². The molecular weight excluding hydrogens is 348 g/mol. The normalized spacial score (nSPS) is 13.3. The van der Waals surface area contributed by atoms with Crippen molar-refractivity contribution in [2.24, 2.45) is 0 Å². The first-order chi connectivity index (χ1) is 13.0. The minimum Gasteiger partial charge on any atom is -0.452 e. The number of fused-ring (bicyclic) bond motifs is 1. The molecule has 0 atom stereocenters. The van der Waals surface area contributed by atoms with E-state index in [1.54, 1.807) is 11.0 Å². The molecule has 7 nitrogen and oxygen atoms in total. The average molecular weight is 366 g/mol. The highest BCUT2D eigenvalue weighted by atomic mass is 16.6. The topological polar surface area (TPSA) is 89.7 Å². The number of nitrogens with zero attached hydrogens (tertiary/aromatic N) is 2. The van der Waals surface area contributed by atoms with Gasteiger partial charge in [0.15, 0.2) is 6.61 Å². The number of non-ortho nitro benzene ring substituents is 1. The van der Waals surface area contributed by atoms with Gasteiger partial charge in [-0.25, -0.2) is 4.79 Å². The summed E-state index contributed by atoms with van der Waals surface area (Å²) in [6.45, 7) is 0.771. The van der Waals surface area contributed by atoms with Crippen LogP contribution in [-0.4, -0.2) is 34.9 Å². The van der Waals surface area contributed by atoms with Crippen LogP contribution in [-0.2, 0) is 27.3 Å². The zero-order valence-corrected chi connectivity index (χ0v) is 14.5. The third kappa shape index (κ3) is 4.78. The van der Waals surface area contributed by atoms with Crippen molar-refractivity contribution in [3.63, 3.8) is 0 Å². The van der Waals surface area contributed by atoms with Gasteiger partial charge in [-0.2, -0.15) is 0 Å². The Morgan fingerprint density at radius 1 is 1.15 bits per heavy atom. The van der Waals surface area contributed by atoms with Crippen LogP contribution in [0.3, 0.4) is 0 Å². The van der Waals surface area contributed by atoms with Crippen molar-refractivity contribution in [3.05, 3.63) is 81.4 Å². The van der Waals surface area contributed by atoms with Crippen molar-refractivity contribution in [3.8, 4) is 0 Å². The second kappa shape index (κ2) is 8.27. The van der Waals surface area contributed by atoms with Gasteiger partial charge in [0.1, 0.15) is 0 Å². The maximum Gasteiger partial charge on any atom is 0.331 e. The number of hydrogen-bond donors (Lipinski definition) is 0. The summed E-state index contributed by atoms with van der Waals surface area (Å²) in [6.07, 6.45) is 3.34. The van der Waals surface area contributed by atoms with Gasteiger partial charge in [-0.1, -0.05) is 36.4 Å². The van der Waals surface area contributed by atoms with Gasteiger partial charge in [0, 0.05) is 31.3 Å². The third-order valence-electron chi connectivity index (χ3n) is 4.31. The van der Waals surface area contributed by atoms with Crippen LogP contribution in [0.5, 0.6) is 0 Å². The van der Waals surface area contributed by atoms with E-state index in [0.717, 1.165) is 18.1 Å². The third-order valence-corrected chi connectivity index (χ3v) is 4.31. The number of ether oxygens (including phenoxy) is 1. The fourth-order valence-corrected chi connectivity index (χ4v) is 2.89. The largest absolute Gasteiger partial charge is 0.452 e. The Morgan fingerprint density at radius 3 is 2.70 bits per heavy atom. The molecule has 7 heteroatoms. The molecule has 1 aliphatic rings. The number of amides is 1. The van der Waals surface area contributed by atoms with Gasteiger partial charge in [0.2, 0.25) is 0 Å². The summed E-state index contributed by atoms with van der Waals surface area (Å²) in [4.78, 5) is 36.0. The quantitative estimate of drug-likeness (QED) is 0.351. The predicted molar refractivity (Wildman–Crippen MR) is 98.7 cm³/mol. The van der Waals surface area contributed by atoms with Gasteiger partial charge in [0.25, 0.3) is 11.6 Å². The van der Waals surface area contributed by atoms with E-state index in [0.29, 0.717) is 18.7 Å². The summed E-state index contributed by atoms with van der Waals surface area (Å²) in [6, 6.07) is 13.8. The van der Waals surface area contributed by atoms with Crippen LogP contribution in [0, 0.1) is 10.1 Å². The molecular formula is C20H18N2O5. The second-order valence-electron chi connectivity index (χ2n) is 6.13. The maximum absolute atomic E-state index is 12.3. The molecule has 0 radical (unpaired) electrons. The first kappa shape index (κ1) is 18.3. The van der Waals surface area contributed by atoms with Crippen molar-refractivity contribution >= 4 is 23.6 Å². The minimum atomic E-state index is -0.674. The lowest BCUT2D eigenvalue weighted by Crippen LogP contribution is -2.38. The zero-order chi connectivity index (χ0) is 19.2. The van der Waals surface area contributed by atoms with Crippen molar-refractivity contribution in [1.29, 1.82) is 0 Å². The Hall–Kier alpha value is -3.48. The van der Waals surface area contributed by atoms with E-state index in [2.05, 4.69) is 6.07 Å². The maximum atomic E-state index is 12.3. The van der Waals surface area contributed by atoms with E-state index in [1.807, 2.05) is 18.2 Å². The highest BCUT2D eigenvalue weighted by Crippen LogP contribution is 2.18. The summed E-state index contributed by atoms with van der Waals surface area (Å²) in [5.41, 5.74) is 2.78.